The topological polar surface area (TPSA) is 32.8 Å². The number of ether oxygens (including phenoxy) is 1. The van der Waals surface area contributed by atoms with E-state index < -0.39 is 5.60 Å². The Morgan fingerprint density at radius 2 is 1.73 bits per heavy atom. The van der Waals surface area contributed by atoms with Crippen molar-refractivity contribution in [3.8, 4) is 0 Å². The summed E-state index contributed by atoms with van der Waals surface area (Å²) in [4.78, 5) is 11.7. The summed E-state index contributed by atoms with van der Waals surface area (Å²) < 4.78 is 5.30. The molecule has 0 bridgehead atoms. The highest BCUT2D eigenvalue weighted by molar-refractivity contribution is 5.67. The van der Waals surface area contributed by atoms with Crippen LogP contribution in [-0.4, -0.2) is 41.8 Å². The van der Waals surface area contributed by atoms with Crippen molar-refractivity contribution in [1.29, 1.82) is 0 Å². The van der Waals surface area contributed by atoms with Crippen molar-refractivity contribution in [1.82, 2.24) is 10.0 Å². The highest BCUT2D eigenvalue weighted by Gasteiger charge is 2.24. The molecule has 1 saturated heterocycles. The summed E-state index contributed by atoms with van der Waals surface area (Å²) in [6, 6.07) is 0. The molecule has 1 fully saturated rings. The van der Waals surface area contributed by atoms with Crippen molar-refractivity contribution in [2.24, 2.45) is 0 Å². The van der Waals surface area contributed by atoms with Crippen LogP contribution in [0.5, 0.6) is 0 Å². The fourth-order valence-electron chi connectivity index (χ4n) is 1.62. The molecule has 0 saturated carbocycles. The molecule has 88 valence electrons. The van der Waals surface area contributed by atoms with E-state index in [-0.39, 0.29) is 6.09 Å². The van der Waals surface area contributed by atoms with Gasteiger partial charge in [0.25, 0.3) is 0 Å². The first-order valence-corrected chi connectivity index (χ1v) is 5.62. The Morgan fingerprint density at radius 3 is 2.20 bits per heavy atom. The first-order valence-electron chi connectivity index (χ1n) is 5.62. The molecule has 0 aromatic heterocycles. The first-order chi connectivity index (χ1) is 6.90. The zero-order valence-electron chi connectivity index (χ0n) is 10.2. The second-order valence-electron chi connectivity index (χ2n) is 5.02. The fraction of sp³-hybridized carbons (Fsp3) is 0.909. The molecule has 0 spiro atoms. The van der Waals surface area contributed by atoms with Crippen LogP contribution in [0.1, 0.15) is 40.0 Å². The number of amides is 1. The lowest BCUT2D eigenvalue weighted by Gasteiger charge is -2.35. The minimum Gasteiger partial charge on any atom is -0.443 e. The van der Waals surface area contributed by atoms with Crippen LogP contribution in [0.2, 0.25) is 0 Å². The molecule has 1 aliphatic heterocycles. The maximum Gasteiger partial charge on any atom is 0.424 e. The van der Waals surface area contributed by atoms with Crippen LogP contribution in [0.15, 0.2) is 0 Å². The predicted molar refractivity (Wildman–Crippen MR) is 59.4 cm³/mol. The molecule has 0 aromatic rings. The highest BCUT2D eigenvalue weighted by Crippen LogP contribution is 2.14. The van der Waals surface area contributed by atoms with E-state index in [9.17, 15) is 4.79 Å². The third-order valence-corrected chi connectivity index (χ3v) is 2.41. The molecular weight excluding hydrogens is 192 g/mol. The fourth-order valence-corrected chi connectivity index (χ4v) is 1.62. The molecule has 4 nitrogen and oxygen atoms in total. The smallest absolute Gasteiger partial charge is 0.424 e. The zero-order valence-corrected chi connectivity index (χ0v) is 10.2. The van der Waals surface area contributed by atoms with Gasteiger partial charge in [0.1, 0.15) is 5.60 Å². The second kappa shape index (κ2) is 4.84. The van der Waals surface area contributed by atoms with Gasteiger partial charge < -0.3 is 4.74 Å². The van der Waals surface area contributed by atoms with E-state index >= 15 is 0 Å². The minimum absolute atomic E-state index is 0.260. The average molecular weight is 214 g/mol. The molecule has 0 unspecified atom stereocenters. The normalized spacial score (nSPS) is 18.7. The molecule has 0 aliphatic carbocycles. The van der Waals surface area contributed by atoms with E-state index in [0.717, 1.165) is 25.9 Å². The van der Waals surface area contributed by atoms with Crippen LogP contribution in [0.25, 0.3) is 0 Å². The molecule has 0 N–H and O–H groups in total. The van der Waals surface area contributed by atoms with Crippen molar-refractivity contribution < 1.29 is 9.53 Å². The molecule has 0 aromatic carbocycles. The summed E-state index contributed by atoms with van der Waals surface area (Å²) in [5.74, 6) is 0. The number of hydrazine groups is 1. The first kappa shape index (κ1) is 12.3. The third-order valence-electron chi connectivity index (χ3n) is 2.41. The van der Waals surface area contributed by atoms with Gasteiger partial charge in [0.15, 0.2) is 0 Å². The molecule has 0 atom stereocenters. The summed E-state index contributed by atoms with van der Waals surface area (Å²) in [5, 5.41) is 3.65. The van der Waals surface area contributed by atoms with Gasteiger partial charge in [-0.3, -0.25) is 0 Å². The maximum absolute atomic E-state index is 11.7. The Bertz CT molecular complexity index is 217. The van der Waals surface area contributed by atoms with Crippen molar-refractivity contribution in [3.05, 3.63) is 0 Å². The maximum atomic E-state index is 11.7. The zero-order chi connectivity index (χ0) is 11.5. The van der Waals surface area contributed by atoms with Gasteiger partial charge in [-0.15, -0.1) is 0 Å². The molecule has 1 rings (SSSR count). The van der Waals surface area contributed by atoms with E-state index in [2.05, 4.69) is 5.01 Å². The summed E-state index contributed by atoms with van der Waals surface area (Å²) in [6.07, 6.45) is 3.32. The summed E-state index contributed by atoms with van der Waals surface area (Å²) in [6.45, 7) is 7.56. The highest BCUT2D eigenvalue weighted by atomic mass is 16.6. The Balaban J connectivity index is 2.44. The largest absolute Gasteiger partial charge is 0.443 e. The van der Waals surface area contributed by atoms with Gasteiger partial charge >= 0.3 is 6.09 Å². The van der Waals surface area contributed by atoms with Crippen molar-refractivity contribution in [2.45, 2.75) is 45.6 Å². The van der Waals surface area contributed by atoms with Crippen LogP contribution in [0.4, 0.5) is 4.79 Å². The number of hydrogen-bond acceptors (Lipinski definition) is 3. The van der Waals surface area contributed by atoms with E-state index in [4.69, 9.17) is 4.74 Å². The van der Waals surface area contributed by atoms with Crippen LogP contribution in [0.3, 0.4) is 0 Å². The lowest BCUT2D eigenvalue weighted by molar-refractivity contribution is -0.0449. The molecule has 1 heterocycles. The van der Waals surface area contributed by atoms with Crippen molar-refractivity contribution >= 4 is 6.09 Å². The van der Waals surface area contributed by atoms with Gasteiger partial charge in [-0.25, -0.2) is 14.8 Å². The lowest BCUT2D eigenvalue weighted by atomic mass is 10.2. The monoisotopic (exact) mass is 214 g/mol. The number of piperidine rings is 1. The minimum atomic E-state index is -0.416. The Labute approximate surface area is 92.1 Å². The van der Waals surface area contributed by atoms with Crippen LogP contribution in [0, 0.1) is 0 Å². The van der Waals surface area contributed by atoms with Gasteiger partial charge in [0, 0.05) is 20.1 Å². The van der Waals surface area contributed by atoms with E-state index in [0.29, 0.717) is 0 Å². The molecule has 0 radical (unpaired) electrons. The quantitative estimate of drug-likeness (QED) is 0.671. The van der Waals surface area contributed by atoms with Crippen LogP contribution < -0.4 is 0 Å². The summed E-state index contributed by atoms with van der Waals surface area (Å²) >= 11 is 0. The standard InChI is InChI=1S/C11H22N2O2/c1-11(2,3)15-10(14)12(4)13-8-6-5-7-9-13/h5-9H2,1-4H3. The number of hydrogen-bond donors (Lipinski definition) is 0. The van der Waals surface area contributed by atoms with E-state index in [1.54, 1.807) is 12.1 Å². The number of nitrogens with zero attached hydrogens (tertiary/aromatic N) is 2. The van der Waals surface area contributed by atoms with E-state index in [1.165, 1.54) is 6.42 Å². The predicted octanol–water partition coefficient (Wildman–Crippen LogP) is 2.25. The van der Waals surface area contributed by atoms with Gasteiger partial charge in [-0.05, 0) is 33.6 Å². The number of carbonyl (C=O) groups excluding carboxylic acids is 1. The third kappa shape index (κ3) is 4.08. The van der Waals surface area contributed by atoms with Gasteiger partial charge in [-0.1, -0.05) is 6.42 Å². The van der Waals surface area contributed by atoms with Gasteiger partial charge in [0.2, 0.25) is 0 Å². The molecule has 1 aliphatic rings. The second-order valence-corrected chi connectivity index (χ2v) is 5.02. The summed E-state index contributed by atoms with van der Waals surface area (Å²) in [7, 11) is 1.78. The number of rotatable bonds is 1. The molecule has 1 amide bonds. The molecule has 4 heteroatoms. The average Bonchev–Trinajstić information content (AvgIpc) is 2.15. The van der Waals surface area contributed by atoms with Crippen LogP contribution >= 0.6 is 0 Å². The molecular formula is C11H22N2O2. The van der Waals surface area contributed by atoms with Crippen molar-refractivity contribution in [2.75, 3.05) is 20.1 Å². The van der Waals surface area contributed by atoms with Crippen molar-refractivity contribution in [3.63, 3.8) is 0 Å². The molecule has 15 heavy (non-hydrogen) atoms. The lowest BCUT2D eigenvalue weighted by Crippen LogP contribution is -2.48. The van der Waals surface area contributed by atoms with Gasteiger partial charge in [-0.2, -0.15) is 0 Å². The van der Waals surface area contributed by atoms with E-state index in [1.807, 2.05) is 20.8 Å². The summed E-state index contributed by atoms with van der Waals surface area (Å²) in [5.41, 5.74) is -0.416. The Kier molecular flexibility index (Phi) is 3.97. The SMILES string of the molecule is CN(C(=O)OC(C)(C)C)N1CCCCC1. The van der Waals surface area contributed by atoms with Gasteiger partial charge in [0.05, 0.1) is 0 Å². The van der Waals surface area contributed by atoms with Crippen LogP contribution in [-0.2, 0) is 4.74 Å². The number of carbonyl (C=O) groups is 1. The Morgan fingerprint density at radius 1 is 1.20 bits per heavy atom. The Hall–Kier alpha value is -0.770.